The number of carbonyl (C=O) groups is 1. The predicted molar refractivity (Wildman–Crippen MR) is 121 cm³/mol. The highest BCUT2D eigenvalue weighted by Gasteiger charge is 2.67. The maximum atomic E-state index is 12.8. The molecule has 4 fully saturated rings. The third-order valence-electron chi connectivity index (χ3n) is 10.9. The summed E-state index contributed by atoms with van der Waals surface area (Å²) in [6, 6.07) is 0. The summed E-state index contributed by atoms with van der Waals surface area (Å²) < 4.78 is 0. The smallest absolute Gasteiger partial charge is 0.193 e. The van der Waals surface area contributed by atoms with E-state index in [9.17, 15) is 15.0 Å². The first-order chi connectivity index (χ1) is 14.0. The fourth-order valence-electron chi connectivity index (χ4n) is 9.11. The van der Waals surface area contributed by atoms with Crippen LogP contribution in [0.1, 0.15) is 105 Å². The van der Waals surface area contributed by atoms with E-state index in [-0.39, 0.29) is 11.2 Å². The zero-order valence-corrected chi connectivity index (χ0v) is 20.1. The van der Waals surface area contributed by atoms with Gasteiger partial charge in [0, 0.05) is 5.41 Å². The van der Waals surface area contributed by atoms with E-state index in [0.29, 0.717) is 30.1 Å². The third-order valence-corrected chi connectivity index (χ3v) is 10.9. The summed E-state index contributed by atoms with van der Waals surface area (Å²) in [6.45, 7) is 11.9. The molecule has 4 saturated carbocycles. The Morgan fingerprint density at radius 1 is 0.933 bits per heavy atom. The van der Waals surface area contributed by atoms with Gasteiger partial charge in [-0.15, -0.1) is 0 Å². The minimum absolute atomic E-state index is 0.286. The van der Waals surface area contributed by atoms with Gasteiger partial charge in [0.15, 0.2) is 5.78 Å². The van der Waals surface area contributed by atoms with Crippen molar-refractivity contribution in [2.24, 2.45) is 46.3 Å². The summed E-state index contributed by atoms with van der Waals surface area (Å²) in [6.07, 6.45) is 11.0. The molecule has 0 aromatic carbocycles. The summed E-state index contributed by atoms with van der Waals surface area (Å²) in [5.74, 6) is 3.98. The molecule has 0 spiro atoms. The number of aliphatic hydroxyl groups is 2. The Balaban J connectivity index is 1.52. The van der Waals surface area contributed by atoms with Crippen LogP contribution in [0.4, 0.5) is 0 Å². The van der Waals surface area contributed by atoms with E-state index in [4.69, 9.17) is 0 Å². The van der Waals surface area contributed by atoms with E-state index in [2.05, 4.69) is 34.6 Å². The Morgan fingerprint density at radius 2 is 1.67 bits per heavy atom. The summed E-state index contributed by atoms with van der Waals surface area (Å²) in [7, 11) is 0. The number of fused-ring (bicyclic) bond motifs is 5. The predicted octanol–water partition coefficient (Wildman–Crippen LogP) is 5.76. The van der Waals surface area contributed by atoms with Gasteiger partial charge in [0.1, 0.15) is 11.7 Å². The van der Waals surface area contributed by atoms with Crippen molar-refractivity contribution in [2.45, 2.75) is 117 Å². The molecule has 2 N–H and O–H groups in total. The molecule has 0 heterocycles. The van der Waals surface area contributed by atoms with Gasteiger partial charge in [0.2, 0.25) is 0 Å². The van der Waals surface area contributed by atoms with E-state index >= 15 is 0 Å². The number of rotatable bonds is 5. The average molecular weight is 419 g/mol. The second-order valence-electron chi connectivity index (χ2n) is 12.6. The van der Waals surface area contributed by atoms with E-state index in [1.807, 2.05) is 0 Å². The molecule has 0 bridgehead atoms. The minimum atomic E-state index is -1.30. The highest BCUT2D eigenvalue weighted by Crippen LogP contribution is 2.68. The number of Topliss-reactive ketones (excluding diaryl/α,β-unsaturated/α-hetero) is 1. The van der Waals surface area contributed by atoms with Crippen LogP contribution in [-0.2, 0) is 4.79 Å². The van der Waals surface area contributed by atoms with Crippen molar-refractivity contribution in [3.05, 3.63) is 0 Å². The standard InChI is InChI=1S/C27H46O3/c1-17(2)7-6-8-18(3)20-9-10-21-19-11-16-27(30)24(29)23(28)13-15-26(27,5)22(19)12-14-25(20,21)4/h17-23,28,30H,6-16H2,1-5H3/t18-,19+,20-,21+,22+,23?,25-,26-,27+/m1/s1. The van der Waals surface area contributed by atoms with Crippen molar-refractivity contribution in [3.8, 4) is 0 Å². The van der Waals surface area contributed by atoms with Crippen LogP contribution in [-0.4, -0.2) is 27.7 Å². The molecule has 1 unspecified atom stereocenters. The zero-order chi connectivity index (χ0) is 21.9. The van der Waals surface area contributed by atoms with Crippen LogP contribution in [0, 0.1) is 46.3 Å². The minimum Gasteiger partial charge on any atom is -0.385 e. The van der Waals surface area contributed by atoms with Crippen LogP contribution in [0.25, 0.3) is 0 Å². The number of ketones is 1. The van der Waals surface area contributed by atoms with Gasteiger partial charge in [-0.05, 0) is 92.3 Å². The summed E-state index contributed by atoms with van der Waals surface area (Å²) in [4.78, 5) is 12.8. The molecule has 0 aliphatic heterocycles. The lowest BCUT2D eigenvalue weighted by atomic mass is 9.42. The van der Waals surface area contributed by atoms with Crippen molar-refractivity contribution in [3.63, 3.8) is 0 Å². The molecule has 30 heavy (non-hydrogen) atoms. The molecule has 3 nitrogen and oxygen atoms in total. The molecule has 0 saturated heterocycles. The average Bonchev–Trinajstić information content (AvgIpc) is 3.04. The van der Waals surface area contributed by atoms with Gasteiger partial charge in [0.05, 0.1) is 0 Å². The third kappa shape index (κ3) is 3.24. The van der Waals surface area contributed by atoms with Crippen LogP contribution in [0.5, 0.6) is 0 Å². The fourth-order valence-corrected chi connectivity index (χ4v) is 9.11. The maximum absolute atomic E-state index is 12.8. The van der Waals surface area contributed by atoms with Gasteiger partial charge < -0.3 is 10.2 Å². The molecule has 0 aromatic rings. The number of hydrogen-bond donors (Lipinski definition) is 2. The summed E-state index contributed by atoms with van der Waals surface area (Å²) in [5.41, 5.74) is -1.22. The largest absolute Gasteiger partial charge is 0.385 e. The van der Waals surface area contributed by atoms with E-state index in [0.717, 1.165) is 42.9 Å². The second kappa shape index (κ2) is 7.87. The van der Waals surface area contributed by atoms with Crippen molar-refractivity contribution in [1.82, 2.24) is 0 Å². The van der Waals surface area contributed by atoms with Crippen molar-refractivity contribution in [2.75, 3.05) is 0 Å². The molecule has 4 rings (SSSR count). The molecule has 172 valence electrons. The van der Waals surface area contributed by atoms with E-state index < -0.39 is 11.7 Å². The SMILES string of the molecule is CC(C)CCC[C@@H](C)[C@H]1CC[C@H]2[C@@H]3CC[C@]4(O)C(=O)C(O)CC[C@]4(C)[C@H]3CC[C@]12C. The topological polar surface area (TPSA) is 57.5 Å². The first-order valence-electron chi connectivity index (χ1n) is 13.0. The molecule has 4 aliphatic rings. The molecule has 9 atom stereocenters. The van der Waals surface area contributed by atoms with E-state index in [1.54, 1.807) is 0 Å². The van der Waals surface area contributed by atoms with Gasteiger partial charge >= 0.3 is 0 Å². The van der Waals surface area contributed by atoms with Crippen LogP contribution in [0.15, 0.2) is 0 Å². The molecule has 3 heteroatoms. The lowest BCUT2D eigenvalue weighted by Gasteiger charge is -2.63. The monoisotopic (exact) mass is 418 g/mol. The highest BCUT2D eigenvalue weighted by molar-refractivity contribution is 5.92. The Morgan fingerprint density at radius 3 is 2.37 bits per heavy atom. The second-order valence-corrected chi connectivity index (χ2v) is 12.6. The first kappa shape index (κ1) is 22.8. The molecule has 4 aliphatic carbocycles. The van der Waals surface area contributed by atoms with Crippen LogP contribution >= 0.6 is 0 Å². The zero-order valence-electron chi connectivity index (χ0n) is 20.1. The Hall–Kier alpha value is -0.410. The Kier molecular flexibility index (Phi) is 5.97. The first-order valence-corrected chi connectivity index (χ1v) is 13.0. The number of aliphatic hydroxyl groups excluding tert-OH is 1. The van der Waals surface area contributed by atoms with E-state index in [1.165, 1.54) is 38.5 Å². The van der Waals surface area contributed by atoms with Crippen LogP contribution < -0.4 is 0 Å². The number of carbonyl (C=O) groups excluding carboxylic acids is 1. The normalized spacial score (nSPS) is 49.5. The van der Waals surface area contributed by atoms with Crippen LogP contribution in [0.3, 0.4) is 0 Å². The Labute approximate surface area is 184 Å². The molecule has 0 radical (unpaired) electrons. The van der Waals surface area contributed by atoms with Gasteiger partial charge in [-0.3, -0.25) is 4.79 Å². The highest BCUT2D eigenvalue weighted by atomic mass is 16.3. The summed E-state index contributed by atoms with van der Waals surface area (Å²) >= 11 is 0. The molecular weight excluding hydrogens is 372 g/mol. The lowest BCUT2D eigenvalue weighted by Crippen LogP contribution is -2.67. The van der Waals surface area contributed by atoms with Gasteiger partial charge in [-0.1, -0.05) is 53.9 Å². The molecule has 0 aromatic heterocycles. The molecular formula is C27H46O3. The number of hydrogen-bond acceptors (Lipinski definition) is 3. The molecule has 0 amide bonds. The lowest BCUT2D eigenvalue weighted by molar-refractivity contribution is -0.213. The quantitative estimate of drug-likeness (QED) is 0.596. The van der Waals surface area contributed by atoms with Crippen LogP contribution in [0.2, 0.25) is 0 Å². The summed E-state index contributed by atoms with van der Waals surface area (Å²) in [5, 5.41) is 21.7. The van der Waals surface area contributed by atoms with Gasteiger partial charge in [0.25, 0.3) is 0 Å². The maximum Gasteiger partial charge on any atom is 0.193 e. The van der Waals surface area contributed by atoms with Gasteiger partial charge in [-0.25, -0.2) is 0 Å². The van der Waals surface area contributed by atoms with Crippen molar-refractivity contribution in [1.29, 1.82) is 0 Å². The van der Waals surface area contributed by atoms with Crippen molar-refractivity contribution < 1.29 is 15.0 Å². The van der Waals surface area contributed by atoms with Gasteiger partial charge in [-0.2, -0.15) is 0 Å². The van der Waals surface area contributed by atoms with Crippen molar-refractivity contribution >= 4 is 5.78 Å². The fraction of sp³-hybridized carbons (Fsp3) is 0.963. The Bertz CT molecular complexity index is 658.